The van der Waals surface area contributed by atoms with Crippen LogP contribution in [-0.2, 0) is 4.79 Å². The molecule has 5 nitrogen and oxygen atoms in total. The highest BCUT2D eigenvalue weighted by atomic mass is 16.3. The van der Waals surface area contributed by atoms with Gasteiger partial charge in [0.1, 0.15) is 17.6 Å². The number of hydrogen-bond donors (Lipinski definition) is 1. The molecular weight excluding hydrogens is 268 g/mol. The van der Waals surface area contributed by atoms with Gasteiger partial charge in [-0.3, -0.25) is 9.59 Å². The minimum atomic E-state index is -0.372. The summed E-state index contributed by atoms with van der Waals surface area (Å²) in [6, 6.07) is 1.46. The second kappa shape index (κ2) is 6.33. The molecule has 5 heteroatoms. The summed E-state index contributed by atoms with van der Waals surface area (Å²) >= 11 is 0. The summed E-state index contributed by atoms with van der Waals surface area (Å²) in [6.45, 7) is 8.09. The minimum Gasteiger partial charge on any atom is -0.466 e. The van der Waals surface area contributed by atoms with Crippen molar-refractivity contribution in [1.29, 1.82) is 0 Å². The zero-order valence-electron chi connectivity index (χ0n) is 13.2. The molecule has 2 amide bonds. The molecule has 116 valence electrons. The quantitative estimate of drug-likeness (QED) is 0.930. The van der Waals surface area contributed by atoms with Crippen LogP contribution in [0.4, 0.5) is 0 Å². The summed E-state index contributed by atoms with van der Waals surface area (Å²) in [5.41, 5.74) is 0.566. The Hall–Kier alpha value is -1.78. The van der Waals surface area contributed by atoms with E-state index in [4.69, 9.17) is 4.42 Å². The lowest BCUT2D eigenvalue weighted by atomic mass is 9.99. The molecule has 0 bridgehead atoms. The minimum absolute atomic E-state index is 0.0593. The highest BCUT2D eigenvalue weighted by Gasteiger charge is 2.33. The number of nitrogens with zero attached hydrogens (tertiary/aromatic N) is 1. The molecule has 0 radical (unpaired) electrons. The van der Waals surface area contributed by atoms with E-state index in [0.29, 0.717) is 17.9 Å². The van der Waals surface area contributed by atoms with Crippen LogP contribution >= 0.6 is 0 Å². The highest BCUT2D eigenvalue weighted by Crippen LogP contribution is 2.23. The van der Waals surface area contributed by atoms with Gasteiger partial charge in [0.15, 0.2) is 0 Å². The summed E-state index contributed by atoms with van der Waals surface area (Å²) in [6.07, 6.45) is 2.64. The summed E-state index contributed by atoms with van der Waals surface area (Å²) < 4.78 is 5.44. The summed E-state index contributed by atoms with van der Waals surface area (Å²) in [7, 11) is 0. The van der Waals surface area contributed by atoms with E-state index in [0.717, 1.165) is 25.0 Å². The van der Waals surface area contributed by atoms with Gasteiger partial charge in [0.2, 0.25) is 5.91 Å². The number of nitrogens with one attached hydrogen (secondary N) is 1. The molecule has 1 atom stereocenters. The van der Waals surface area contributed by atoms with Gasteiger partial charge >= 0.3 is 0 Å². The molecule has 0 spiro atoms. The van der Waals surface area contributed by atoms with Crippen molar-refractivity contribution in [2.24, 2.45) is 0 Å². The van der Waals surface area contributed by atoms with Gasteiger partial charge < -0.3 is 14.6 Å². The van der Waals surface area contributed by atoms with E-state index in [1.807, 2.05) is 20.8 Å². The van der Waals surface area contributed by atoms with Crippen LogP contribution in [0.25, 0.3) is 0 Å². The average molecular weight is 292 g/mol. The van der Waals surface area contributed by atoms with Crippen LogP contribution < -0.4 is 5.32 Å². The Labute approximate surface area is 125 Å². The number of carbonyl (C=O) groups excluding carboxylic acids is 2. The van der Waals surface area contributed by atoms with Crippen LogP contribution in [0.1, 0.15) is 55.0 Å². The van der Waals surface area contributed by atoms with Crippen LogP contribution in [0, 0.1) is 13.8 Å². The number of rotatable bonds is 3. The van der Waals surface area contributed by atoms with Gasteiger partial charge in [0.25, 0.3) is 5.91 Å². The number of carbonyl (C=O) groups is 2. The van der Waals surface area contributed by atoms with E-state index in [9.17, 15) is 9.59 Å². The molecule has 2 heterocycles. The smallest absolute Gasteiger partial charge is 0.258 e. The maximum absolute atomic E-state index is 12.7. The molecule has 0 saturated carbocycles. The van der Waals surface area contributed by atoms with Crippen molar-refractivity contribution >= 4 is 11.8 Å². The van der Waals surface area contributed by atoms with E-state index in [1.54, 1.807) is 17.9 Å². The van der Waals surface area contributed by atoms with Crippen molar-refractivity contribution in [2.75, 3.05) is 6.54 Å². The monoisotopic (exact) mass is 292 g/mol. The van der Waals surface area contributed by atoms with Gasteiger partial charge in [-0.1, -0.05) is 0 Å². The molecule has 1 aliphatic rings. The molecule has 1 fully saturated rings. The fourth-order valence-electron chi connectivity index (χ4n) is 2.83. The number of amides is 2. The Balaban J connectivity index is 2.20. The van der Waals surface area contributed by atoms with Crippen molar-refractivity contribution in [3.05, 3.63) is 23.2 Å². The normalized spacial score (nSPS) is 18.9. The number of aryl methyl sites for hydroxylation is 2. The zero-order chi connectivity index (χ0) is 15.6. The van der Waals surface area contributed by atoms with Crippen LogP contribution in [-0.4, -0.2) is 35.3 Å². The van der Waals surface area contributed by atoms with Crippen molar-refractivity contribution < 1.29 is 14.0 Å². The number of hydrogen-bond acceptors (Lipinski definition) is 3. The van der Waals surface area contributed by atoms with Crippen molar-refractivity contribution in [3.63, 3.8) is 0 Å². The first-order chi connectivity index (χ1) is 9.90. The third-order valence-electron chi connectivity index (χ3n) is 3.77. The largest absolute Gasteiger partial charge is 0.466 e. The Morgan fingerprint density at radius 3 is 2.62 bits per heavy atom. The van der Waals surface area contributed by atoms with Gasteiger partial charge in [-0.25, -0.2) is 0 Å². The predicted octanol–water partition coefficient (Wildman–Crippen LogP) is 2.42. The number of furan rings is 1. The van der Waals surface area contributed by atoms with E-state index >= 15 is 0 Å². The standard InChI is InChI=1S/C16H24N2O3/c1-10(2)17-15(19)14-7-5-6-8-18(14)16(20)13-9-11(3)21-12(13)4/h9-10,14H,5-8H2,1-4H3,(H,17,19)/t14-/m0/s1. The average Bonchev–Trinajstić information content (AvgIpc) is 2.76. The van der Waals surface area contributed by atoms with E-state index < -0.39 is 0 Å². The van der Waals surface area contributed by atoms with E-state index in [-0.39, 0.29) is 23.9 Å². The predicted molar refractivity (Wildman–Crippen MR) is 80.1 cm³/mol. The first-order valence-corrected chi connectivity index (χ1v) is 7.58. The van der Waals surface area contributed by atoms with Crippen LogP contribution in [0.15, 0.2) is 10.5 Å². The number of likely N-dealkylation sites (tertiary alicyclic amines) is 1. The van der Waals surface area contributed by atoms with Crippen LogP contribution in [0.3, 0.4) is 0 Å². The first-order valence-electron chi connectivity index (χ1n) is 7.58. The molecule has 1 aromatic rings. The SMILES string of the molecule is Cc1cc(C(=O)N2CCCC[C@H]2C(=O)NC(C)C)c(C)o1. The third-order valence-corrected chi connectivity index (χ3v) is 3.77. The maximum Gasteiger partial charge on any atom is 0.258 e. The van der Waals surface area contributed by atoms with Gasteiger partial charge in [0.05, 0.1) is 5.56 Å². The van der Waals surface area contributed by atoms with Gasteiger partial charge in [-0.2, -0.15) is 0 Å². The first kappa shape index (κ1) is 15.6. The van der Waals surface area contributed by atoms with Crippen molar-refractivity contribution in [2.45, 2.75) is 59.0 Å². The van der Waals surface area contributed by atoms with E-state index in [1.165, 1.54) is 0 Å². The third kappa shape index (κ3) is 3.46. The molecule has 1 aliphatic heterocycles. The highest BCUT2D eigenvalue weighted by molar-refractivity contribution is 5.98. The summed E-state index contributed by atoms with van der Waals surface area (Å²) in [4.78, 5) is 26.7. The molecule has 1 aromatic heterocycles. The fraction of sp³-hybridized carbons (Fsp3) is 0.625. The molecule has 21 heavy (non-hydrogen) atoms. The van der Waals surface area contributed by atoms with Crippen molar-refractivity contribution in [3.8, 4) is 0 Å². The molecule has 1 N–H and O–H groups in total. The fourth-order valence-corrected chi connectivity index (χ4v) is 2.83. The lowest BCUT2D eigenvalue weighted by Gasteiger charge is -2.35. The molecule has 0 unspecified atom stereocenters. The molecule has 1 saturated heterocycles. The number of piperidine rings is 1. The molecule has 2 rings (SSSR count). The van der Waals surface area contributed by atoms with Gasteiger partial charge in [-0.05, 0) is 53.0 Å². The topological polar surface area (TPSA) is 62.6 Å². The molecule has 0 aliphatic carbocycles. The van der Waals surface area contributed by atoms with Crippen LogP contribution in [0.2, 0.25) is 0 Å². The molecule has 0 aromatic carbocycles. The van der Waals surface area contributed by atoms with E-state index in [2.05, 4.69) is 5.32 Å². The Bertz CT molecular complexity index is 534. The van der Waals surface area contributed by atoms with Gasteiger partial charge in [-0.15, -0.1) is 0 Å². The Kier molecular flexibility index (Phi) is 4.70. The summed E-state index contributed by atoms with van der Waals surface area (Å²) in [5.74, 6) is 1.17. The lowest BCUT2D eigenvalue weighted by Crippen LogP contribution is -2.53. The van der Waals surface area contributed by atoms with Crippen LogP contribution in [0.5, 0.6) is 0 Å². The zero-order valence-corrected chi connectivity index (χ0v) is 13.2. The Morgan fingerprint density at radius 2 is 2.05 bits per heavy atom. The maximum atomic E-state index is 12.7. The lowest BCUT2D eigenvalue weighted by molar-refractivity contribution is -0.127. The second-order valence-corrected chi connectivity index (χ2v) is 6.00. The Morgan fingerprint density at radius 1 is 1.33 bits per heavy atom. The summed E-state index contributed by atoms with van der Waals surface area (Å²) in [5, 5.41) is 2.91. The second-order valence-electron chi connectivity index (χ2n) is 6.00. The van der Waals surface area contributed by atoms with Crippen molar-refractivity contribution in [1.82, 2.24) is 10.2 Å². The van der Waals surface area contributed by atoms with Gasteiger partial charge in [0, 0.05) is 12.6 Å². The molecular formula is C16H24N2O3.